The Hall–Kier alpha value is -1.36. The molecular weight excluding hydrogens is 384 g/mol. The van der Waals surface area contributed by atoms with Gasteiger partial charge in [-0.2, -0.15) is 0 Å². The minimum atomic E-state index is -2.27. The highest BCUT2D eigenvalue weighted by molar-refractivity contribution is 5.96. The first-order valence-electron chi connectivity index (χ1n) is 9.90. The fraction of sp³-hybridized carbons (Fsp3) is 0.800. The Morgan fingerprint density at radius 3 is 2.41 bits per heavy atom. The number of esters is 1. The average Bonchev–Trinajstić information content (AvgIpc) is 2.85. The Morgan fingerprint density at radius 1 is 1.10 bits per heavy atom. The Morgan fingerprint density at radius 2 is 1.76 bits per heavy atom. The van der Waals surface area contributed by atoms with E-state index in [0.29, 0.717) is 5.57 Å². The van der Waals surface area contributed by atoms with Gasteiger partial charge in [0.25, 0.3) is 0 Å². The van der Waals surface area contributed by atoms with Crippen molar-refractivity contribution in [3.63, 3.8) is 0 Å². The first kappa shape index (κ1) is 19.6. The number of hydrogen-bond acceptors (Lipinski definition) is 9. The van der Waals surface area contributed by atoms with Crippen LogP contribution in [0, 0.1) is 22.7 Å². The summed E-state index contributed by atoms with van der Waals surface area (Å²) in [6, 6.07) is 0. The molecule has 2 unspecified atom stereocenters. The second-order valence-corrected chi connectivity index (χ2v) is 9.79. The number of carbonyl (C=O) groups excluding carboxylic acids is 2. The fourth-order valence-corrected chi connectivity index (χ4v) is 7.56. The van der Waals surface area contributed by atoms with Gasteiger partial charge < -0.3 is 35.0 Å². The summed E-state index contributed by atoms with van der Waals surface area (Å²) in [5.41, 5.74) is -6.22. The van der Waals surface area contributed by atoms with Gasteiger partial charge in [0, 0.05) is 11.3 Å². The van der Waals surface area contributed by atoms with E-state index in [2.05, 4.69) is 0 Å². The maximum absolute atomic E-state index is 12.5. The van der Waals surface area contributed by atoms with Gasteiger partial charge in [0.1, 0.15) is 29.5 Å². The van der Waals surface area contributed by atoms with Crippen LogP contribution in [0.4, 0.5) is 0 Å². The van der Waals surface area contributed by atoms with Crippen molar-refractivity contribution in [1.29, 1.82) is 0 Å². The first-order valence-corrected chi connectivity index (χ1v) is 9.90. The molecule has 5 aliphatic rings. The molecule has 0 aromatic carbocycles. The number of aliphatic hydroxyl groups excluding tert-OH is 4. The van der Waals surface area contributed by atoms with Crippen molar-refractivity contribution in [2.75, 3.05) is 6.61 Å². The van der Waals surface area contributed by atoms with Gasteiger partial charge in [-0.3, -0.25) is 4.79 Å². The molecule has 11 atom stereocenters. The van der Waals surface area contributed by atoms with E-state index in [1.165, 1.54) is 13.0 Å². The summed E-state index contributed by atoms with van der Waals surface area (Å²) in [6.07, 6.45) is -6.07. The molecule has 9 heteroatoms. The summed E-state index contributed by atoms with van der Waals surface area (Å²) >= 11 is 0. The second kappa shape index (κ2) is 5.27. The summed E-state index contributed by atoms with van der Waals surface area (Å²) < 4.78 is 11.4. The lowest BCUT2D eigenvalue weighted by molar-refractivity contribution is -0.351. The number of aliphatic hydroxyl groups is 5. The first-order chi connectivity index (χ1) is 13.4. The predicted molar refractivity (Wildman–Crippen MR) is 94.1 cm³/mol. The Labute approximate surface area is 166 Å². The standard InChI is InChI=1S/C20H26O9/c1-7-4-9(21)13(23)17(2)8(7)5-10-19-6-28-18(3,14(24)11(22)12(17)19)20(19,27)15(25)16(26)29-10/h4,8,10-15,22-25,27H,5-6H2,1-3H3/t8-,10+,11?,12?,13+,14-,15-,17-,18+,19+,20+/m0/s1. The highest BCUT2D eigenvalue weighted by atomic mass is 16.6. The molecule has 0 amide bonds. The third-order valence-corrected chi connectivity index (χ3v) is 8.96. The summed E-state index contributed by atoms with van der Waals surface area (Å²) in [4.78, 5) is 25.0. The summed E-state index contributed by atoms with van der Waals surface area (Å²) in [7, 11) is 0. The molecule has 3 aliphatic carbocycles. The molecule has 4 fully saturated rings. The molecule has 1 spiro atoms. The maximum Gasteiger partial charge on any atom is 0.338 e. The van der Waals surface area contributed by atoms with Gasteiger partial charge >= 0.3 is 5.97 Å². The third-order valence-electron chi connectivity index (χ3n) is 8.96. The molecular formula is C20H26O9. The number of carbonyl (C=O) groups is 2. The molecule has 2 heterocycles. The molecule has 2 saturated carbocycles. The monoisotopic (exact) mass is 410 g/mol. The summed E-state index contributed by atoms with van der Waals surface area (Å²) in [6.45, 7) is 4.52. The quantitative estimate of drug-likeness (QED) is 0.287. The van der Waals surface area contributed by atoms with E-state index in [9.17, 15) is 35.1 Å². The smallest absolute Gasteiger partial charge is 0.338 e. The lowest BCUT2D eigenvalue weighted by atomic mass is 9.36. The molecule has 2 bridgehead atoms. The minimum Gasteiger partial charge on any atom is -0.460 e. The summed E-state index contributed by atoms with van der Waals surface area (Å²) in [5.74, 6) is -3.08. The van der Waals surface area contributed by atoms with E-state index in [1.54, 1.807) is 13.8 Å². The topological polar surface area (TPSA) is 154 Å². The van der Waals surface area contributed by atoms with Crippen molar-refractivity contribution in [2.45, 2.75) is 68.9 Å². The van der Waals surface area contributed by atoms with Crippen molar-refractivity contribution in [3.05, 3.63) is 11.6 Å². The highest BCUT2D eigenvalue weighted by Gasteiger charge is 2.88. The van der Waals surface area contributed by atoms with E-state index in [4.69, 9.17) is 9.47 Å². The number of ether oxygens (including phenoxy) is 2. The molecule has 0 aromatic rings. The van der Waals surface area contributed by atoms with Crippen LogP contribution < -0.4 is 0 Å². The van der Waals surface area contributed by atoms with Crippen LogP contribution in [0.15, 0.2) is 11.6 Å². The van der Waals surface area contributed by atoms with Crippen LogP contribution in [-0.4, -0.2) is 85.6 Å². The molecule has 0 aromatic heterocycles. The molecule has 2 saturated heterocycles. The highest BCUT2D eigenvalue weighted by Crippen LogP contribution is 2.73. The van der Waals surface area contributed by atoms with Crippen LogP contribution in [0.25, 0.3) is 0 Å². The van der Waals surface area contributed by atoms with Crippen LogP contribution >= 0.6 is 0 Å². The lowest BCUT2D eigenvalue weighted by Crippen LogP contribution is -2.86. The van der Waals surface area contributed by atoms with Crippen LogP contribution in [-0.2, 0) is 19.1 Å². The average molecular weight is 410 g/mol. The normalized spacial score (nSPS) is 60.8. The predicted octanol–water partition coefficient (Wildman–Crippen LogP) is -1.95. The van der Waals surface area contributed by atoms with Gasteiger partial charge in [-0.1, -0.05) is 12.5 Å². The van der Waals surface area contributed by atoms with Gasteiger partial charge in [-0.25, -0.2) is 4.79 Å². The zero-order valence-corrected chi connectivity index (χ0v) is 16.4. The van der Waals surface area contributed by atoms with Gasteiger partial charge in [0.05, 0.1) is 18.1 Å². The minimum absolute atomic E-state index is 0.183. The number of ketones is 1. The fourth-order valence-electron chi connectivity index (χ4n) is 7.56. The van der Waals surface area contributed by atoms with E-state index in [-0.39, 0.29) is 13.0 Å². The third kappa shape index (κ3) is 1.70. The van der Waals surface area contributed by atoms with E-state index in [1.807, 2.05) is 0 Å². The molecule has 160 valence electrons. The van der Waals surface area contributed by atoms with Crippen LogP contribution in [0.2, 0.25) is 0 Å². The van der Waals surface area contributed by atoms with E-state index >= 15 is 0 Å². The van der Waals surface area contributed by atoms with Gasteiger partial charge in [-0.15, -0.1) is 0 Å². The number of allylic oxidation sites excluding steroid dienone is 1. The van der Waals surface area contributed by atoms with Crippen molar-refractivity contribution in [2.24, 2.45) is 22.7 Å². The van der Waals surface area contributed by atoms with E-state index in [0.717, 1.165) is 0 Å². The van der Waals surface area contributed by atoms with Crippen molar-refractivity contribution in [3.8, 4) is 0 Å². The van der Waals surface area contributed by atoms with Gasteiger partial charge in [-0.05, 0) is 32.3 Å². The number of fused-ring (bicyclic) bond motifs is 2. The molecule has 5 rings (SSSR count). The van der Waals surface area contributed by atoms with Crippen LogP contribution in [0.5, 0.6) is 0 Å². The number of rotatable bonds is 0. The molecule has 2 aliphatic heterocycles. The van der Waals surface area contributed by atoms with Crippen molar-refractivity contribution >= 4 is 11.8 Å². The largest absolute Gasteiger partial charge is 0.460 e. The van der Waals surface area contributed by atoms with Crippen LogP contribution in [0.1, 0.15) is 27.2 Å². The Bertz CT molecular complexity index is 855. The molecule has 9 nitrogen and oxygen atoms in total. The van der Waals surface area contributed by atoms with Crippen molar-refractivity contribution < 1.29 is 44.6 Å². The van der Waals surface area contributed by atoms with Crippen molar-refractivity contribution in [1.82, 2.24) is 0 Å². The zero-order chi connectivity index (χ0) is 21.3. The van der Waals surface area contributed by atoms with Gasteiger partial charge in [0.15, 0.2) is 11.9 Å². The Kier molecular flexibility index (Phi) is 3.56. The zero-order valence-electron chi connectivity index (χ0n) is 16.4. The summed E-state index contributed by atoms with van der Waals surface area (Å²) in [5, 5.41) is 55.8. The van der Waals surface area contributed by atoms with E-state index < -0.39 is 76.1 Å². The Balaban J connectivity index is 1.83. The molecule has 29 heavy (non-hydrogen) atoms. The maximum atomic E-state index is 12.5. The van der Waals surface area contributed by atoms with Gasteiger partial charge in [0.2, 0.25) is 0 Å². The number of hydrogen-bond donors (Lipinski definition) is 5. The second-order valence-electron chi connectivity index (χ2n) is 9.79. The molecule has 0 radical (unpaired) electrons. The molecule has 5 N–H and O–H groups in total. The lowest BCUT2D eigenvalue weighted by Gasteiger charge is -2.70. The van der Waals surface area contributed by atoms with Crippen LogP contribution in [0.3, 0.4) is 0 Å². The SMILES string of the molecule is CC1=CC(=O)[C@@H](O)[C@]2(C)C3C(O)[C@H](O)[C@@]4(C)OC[C@@]35[C@@H](C[C@@H]12)OC(=O)[C@H](O)[C@]54O.